The average molecular weight is 487 g/mol. The first-order chi connectivity index (χ1) is 17.0. The Bertz CT molecular complexity index is 1590. The summed E-state index contributed by atoms with van der Waals surface area (Å²) in [5.74, 6) is 0.551. The van der Waals surface area contributed by atoms with Crippen LogP contribution in [0.2, 0.25) is 5.02 Å². The van der Waals surface area contributed by atoms with Crippen molar-refractivity contribution in [1.29, 1.82) is 0 Å². The summed E-state index contributed by atoms with van der Waals surface area (Å²) in [7, 11) is 1.61. The molecule has 2 aromatic heterocycles. The highest BCUT2D eigenvalue weighted by Crippen LogP contribution is 2.25. The number of carbonyl (C=O) groups is 1. The van der Waals surface area contributed by atoms with Gasteiger partial charge in [0.1, 0.15) is 23.3 Å². The summed E-state index contributed by atoms with van der Waals surface area (Å²) < 4.78 is 8.44. The van der Waals surface area contributed by atoms with Crippen molar-refractivity contribution in [3.63, 3.8) is 0 Å². The molecule has 1 N–H and O–H groups in total. The molecule has 8 heteroatoms. The molecule has 7 nitrogen and oxygen atoms in total. The lowest BCUT2D eigenvalue weighted by Gasteiger charge is -2.11. The Morgan fingerprint density at radius 3 is 2.54 bits per heavy atom. The number of ether oxygens (including phenoxy) is 1. The largest absolute Gasteiger partial charge is 0.497 e. The Labute approximate surface area is 206 Å². The number of para-hydroxylation sites is 1. The summed E-state index contributed by atoms with van der Waals surface area (Å²) in [4.78, 5) is 31.1. The number of methoxy groups -OCH3 is 1. The smallest absolute Gasteiger partial charge is 0.278 e. The number of benzene rings is 3. The van der Waals surface area contributed by atoms with E-state index in [0.717, 1.165) is 27.8 Å². The average Bonchev–Trinajstić information content (AvgIpc) is 3.20. The fourth-order valence-corrected chi connectivity index (χ4v) is 4.37. The minimum absolute atomic E-state index is 0.00675. The molecular weight excluding hydrogens is 464 g/mol. The second-order valence-electron chi connectivity index (χ2n) is 8.19. The highest BCUT2D eigenvalue weighted by molar-refractivity contribution is 6.31. The Balaban J connectivity index is 1.48. The fraction of sp³-hybridized carbons (Fsp3) is 0.148. The summed E-state index contributed by atoms with van der Waals surface area (Å²) in [6.45, 7) is 0.648. The van der Waals surface area contributed by atoms with Crippen LogP contribution in [0.15, 0.2) is 83.9 Å². The van der Waals surface area contributed by atoms with Gasteiger partial charge in [-0.05, 0) is 35.4 Å². The second-order valence-corrected chi connectivity index (χ2v) is 8.60. The Morgan fingerprint density at radius 2 is 1.77 bits per heavy atom. The number of nitrogens with zero attached hydrogens (tertiary/aromatic N) is 3. The van der Waals surface area contributed by atoms with Crippen LogP contribution in [0.3, 0.4) is 0 Å². The van der Waals surface area contributed by atoms with Gasteiger partial charge in [0.25, 0.3) is 5.56 Å². The van der Waals surface area contributed by atoms with Crippen LogP contribution in [-0.4, -0.2) is 27.1 Å². The standard InChI is InChI=1S/C27H23ClN4O3/c1-35-20-12-10-18(11-13-20)14-29-24(33)16-32-23-9-5-3-7-21(23)25-26(32)27(34)31(17-30-25)15-19-6-2-4-8-22(19)28/h2-13,17H,14-16H2,1H3,(H,29,33). The molecule has 0 aliphatic heterocycles. The van der Waals surface area contributed by atoms with Gasteiger partial charge in [-0.15, -0.1) is 0 Å². The third-order valence-electron chi connectivity index (χ3n) is 5.98. The third-order valence-corrected chi connectivity index (χ3v) is 6.35. The van der Waals surface area contributed by atoms with Gasteiger partial charge in [0.05, 0.1) is 25.5 Å². The molecule has 5 aromatic rings. The van der Waals surface area contributed by atoms with Crippen molar-refractivity contribution in [2.75, 3.05) is 7.11 Å². The first-order valence-electron chi connectivity index (χ1n) is 11.1. The number of fused-ring (bicyclic) bond motifs is 3. The Morgan fingerprint density at radius 1 is 1.03 bits per heavy atom. The highest BCUT2D eigenvalue weighted by atomic mass is 35.5. The van der Waals surface area contributed by atoms with Crippen LogP contribution in [0.4, 0.5) is 0 Å². The molecule has 5 rings (SSSR count). The number of amides is 1. The van der Waals surface area contributed by atoms with Crippen molar-refractivity contribution in [1.82, 2.24) is 19.4 Å². The van der Waals surface area contributed by atoms with E-state index in [9.17, 15) is 9.59 Å². The summed E-state index contributed by atoms with van der Waals surface area (Å²) in [5, 5.41) is 4.35. The molecule has 3 aromatic carbocycles. The molecule has 0 atom stereocenters. The first-order valence-corrected chi connectivity index (χ1v) is 11.5. The van der Waals surface area contributed by atoms with Crippen molar-refractivity contribution in [2.24, 2.45) is 0 Å². The van der Waals surface area contributed by atoms with Gasteiger partial charge in [0.15, 0.2) is 0 Å². The van der Waals surface area contributed by atoms with Crippen LogP contribution >= 0.6 is 11.6 Å². The van der Waals surface area contributed by atoms with Gasteiger partial charge in [-0.1, -0.05) is 60.1 Å². The van der Waals surface area contributed by atoms with Gasteiger partial charge in [-0.3, -0.25) is 14.2 Å². The van der Waals surface area contributed by atoms with Crippen LogP contribution < -0.4 is 15.6 Å². The predicted molar refractivity (Wildman–Crippen MR) is 137 cm³/mol. The van der Waals surface area contributed by atoms with Crippen molar-refractivity contribution >= 4 is 39.4 Å². The number of carbonyl (C=O) groups excluding carboxylic acids is 1. The molecular formula is C27H23ClN4O3. The van der Waals surface area contributed by atoms with E-state index >= 15 is 0 Å². The maximum absolute atomic E-state index is 13.6. The predicted octanol–water partition coefficient (Wildman–Crippen LogP) is 4.38. The molecule has 0 aliphatic carbocycles. The van der Waals surface area contributed by atoms with Gasteiger partial charge >= 0.3 is 0 Å². The maximum Gasteiger partial charge on any atom is 0.278 e. The molecule has 0 saturated heterocycles. The Kier molecular flexibility index (Phi) is 6.25. The minimum atomic E-state index is -0.228. The molecule has 0 aliphatic rings. The number of nitrogens with one attached hydrogen (secondary N) is 1. The number of halogens is 1. The van der Waals surface area contributed by atoms with Crippen molar-refractivity contribution in [3.8, 4) is 5.75 Å². The van der Waals surface area contributed by atoms with Crippen LogP contribution in [0, 0.1) is 0 Å². The van der Waals surface area contributed by atoms with Crippen LogP contribution in [0.1, 0.15) is 11.1 Å². The van der Waals surface area contributed by atoms with E-state index in [1.807, 2.05) is 66.7 Å². The quantitative estimate of drug-likeness (QED) is 0.370. The van der Waals surface area contributed by atoms with Crippen molar-refractivity contribution in [2.45, 2.75) is 19.6 Å². The van der Waals surface area contributed by atoms with Gasteiger partial charge in [-0.2, -0.15) is 0 Å². The SMILES string of the molecule is COc1ccc(CNC(=O)Cn2c3ccccc3c3ncn(Cc4ccccc4Cl)c(=O)c32)cc1. The molecule has 0 unspecified atom stereocenters. The van der Waals surface area contributed by atoms with E-state index in [4.69, 9.17) is 16.3 Å². The van der Waals surface area contributed by atoms with E-state index < -0.39 is 0 Å². The zero-order valence-electron chi connectivity index (χ0n) is 19.1. The number of hydrogen-bond acceptors (Lipinski definition) is 4. The van der Waals surface area contributed by atoms with E-state index in [1.165, 1.54) is 10.9 Å². The molecule has 0 bridgehead atoms. The second kappa shape index (κ2) is 9.64. The summed E-state index contributed by atoms with van der Waals surface area (Å²) >= 11 is 6.31. The van der Waals surface area contributed by atoms with Crippen molar-refractivity contribution in [3.05, 3.63) is 106 Å². The van der Waals surface area contributed by atoms with Crippen molar-refractivity contribution < 1.29 is 9.53 Å². The lowest BCUT2D eigenvalue weighted by Crippen LogP contribution is -2.29. The highest BCUT2D eigenvalue weighted by Gasteiger charge is 2.18. The van der Waals surface area contributed by atoms with Gasteiger partial charge in [-0.25, -0.2) is 4.98 Å². The molecule has 0 radical (unpaired) electrons. The molecule has 0 spiro atoms. The van der Waals surface area contributed by atoms with E-state index in [1.54, 1.807) is 17.7 Å². The summed E-state index contributed by atoms with van der Waals surface area (Å²) in [5.41, 5.74) is 3.28. The summed E-state index contributed by atoms with van der Waals surface area (Å²) in [6.07, 6.45) is 1.54. The fourth-order valence-electron chi connectivity index (χ4n) is 4.18. The third kappa shape index (κ3) is 4.50. The molecule has 35 heavy (non-hydrogen) atoms. The van der Waals surface area contributed by atoms with Crippen LogP contribution in [-0.2, 0) is 24.4 Å². The molecule has 176 valence electrons. The number of hydrogen-bond donors (Lipinski definition) is 1. The minimum Gasteiger partial charge on any atom is -0.497 e. The van der Waals surface area contributed by atoms with Gasteiger partial charge in [0, 0.05) is 17.0 Å². The van der Waals surface area contributed by atoms with E-state index in [-0.39, 0.29) is 24.6 Å². The van der Waals surface area contributed by atoms with E-state index in [0.29, 0.717) is 22.6 Å². The van der Waals surface area contributed by atoms with Crippen LogP contribution in [0.25, 0.3) is 21.9 Å². The number of rotatable bonds is 7. The zero-order chi connectivity index (χ0) is 24.4. The lowest BCUT2D eigenvalue weighted by molar-refractivity contribution is -0.121. The van der Waals surface area contributed by atoms with Crippen LogP contribution in [0.5, 0.6) is 5.75 Å². The Hall–Kier alpha value is -4.10. The lowest BCUT2D eigenvalue weighted by atomic mass is 10.2. The normalized spacial score (nSPS) is 11.1. The molecule has 0 fully saturated rings. The molecule has 0 saturated carbocycles. The maximum atomic E-state index is 13.6. The van der Waals surface area contributed by atoms with E-state index in [2.05, 4.69) is 10.3 Å². The molecule has 2 heterocycles. The zero-order valence-corrected chi connectivity index (χ0v) is 19.8. The monoisotopic (exact) mass is 486 g/mol. The van der Waals surface area contributed by atoms with Gasteiger partial charge in [0.2, 0.25) is 5.91 Å². The van der Waals surface area contributed by atoms with Gasteiger partial charge < -0.3 is 14.6 Å². The molecule has 1 amide bonds. The summed E-state index contributed by atoms with van der Waals surface area (Å²) in [6, 6.07) is 22.5. The first kappa shape index (κ1) is 22.7. The number of aromatic nitrogens is 3. The topological polar surface area (TPSA) is 78.2 Å².